The minimum atomic E-state index is -4.83. The second-order valence-corrected chi connectivity index (χ2v) is 2.42. The maximum atomic E-state index is 11.9. The number of anilines is 1. The zero-order chi connectivity index (χ0) is 10.8. The number of hydrogen-bond acceptors (Lipinski definition) is 4. The van der Waals surface area contributed by atoms with Crippen LogP contribution in [0.4, 0.5) is 18.9 Å². The second kappa shape index (κ2) is 3.70. The van der Waals surface area contributed by atoms with Crippen LogP contribution in [0.3, 0.4) is 0 Å². The Morgan fingerprint density at radius 2 is 2.07 bits per heavy atom. The molecule has 3 N–H and O–H groups in total. The quantitative estimate of drug-likeness (QED) is 0.762. The highest BCUT2D eigenvalue weighted by molar-refractivity contribution is 5.54. The normalized spacial score (nSPS) is 11.4. The number of nitrogen functional groups attached to an aromatic ring is 1. The Balaban J connectivity index is 3.05. The Kier molecular flexibility index (Phi) is 2.80. The summed E-state index contributed by atoms with van der Waals surface area (Å²) in [7, 11) is 0. The number of rotatable bonds is 2. The largest absolute Gasteiger partial charge is 0.573 e. The van der Waals surface area contributed by atoms with E-state index in [9.17, 15) is 13.2 Å². The average Bonchev–Trinajstić information content (AvgIpc) is 2.06. The first-order valence-corrected chi connectivity index (χ1v) is 3.53. The lowest BCUT2D eigenvalue weighted by atomic mass is 10.2. The molecule has 0 aliphatic heterocycles. The molecule has 1 rings (SSSR count). The Hall–Kier alpha value is -1.50. The molecule has 0 bridgehead atoms. The molecule has 0 aromatic carbocycles. The first kappa shape index (κ1) is 10.6. The van der Waals surface area contributed by atoms with Crippen LogP contribution in [0.5, 0.6) is 5.75 Å². The van der Waals surface area contributed by atoms with Gasteiger partial charge in [-0.1, -0.05) is 0 Å². The molecular formula is C7H7F3N2O2. The fourth-order valence-electron chi connectivity index (χ4n) is 0.863. The van der Waals surface area contributed by atoms with E-state index in [2.05, 4.69) is 9.72 Å². The van der Waals surface area contributed by atoms with E-state index in [0.717, 1.165) is 12.4 Å². The van der Waals surface area contributed by atoms with E-state index in [0.29, 0.717) is 0 Å². The van der Waals surface area contributed by atoms with Crippen molar-refractivity contribution in [3.63, 3.8) is 0 Å². The summed E-state index contributed by atoms with van der Waals surface area (Å²) in [5.41, 5.74) is 4.83. The van der Waals surface area contributed by atoms with Gasteiger partial charge in [-0.15, -0.1) is 13.2 Å². The lowest BCUT2D eigenvalue weighted by molar-refractivity contribution is -0.274. The van der Waals surface area contributed by atoms with Crippen LogP contribution in [-0.2, 0) is 6.61 Å². The molecule has 0 saturated heterocycles. The number of aliphatic hydroxyl groups is 1. The summed E-state index contributed by atoms with van der Waals surface area (Å²) in [6.45, 7) is -0.622. The third-order valence-corrected chi connectivity index (χ3v) is 1.39. The third-order valence-electron chi connectivity index (χ3n) is 1.39. The number of hydrogen-bond donors (Lipinski definition) is 2. The average molecular weight is 208 g/mol. The van der Waals surface area contributed by atoms with Crippen LogP contribution in [0.2, 0.25) is 0 Å². The van der Waals surface area contributed by atoms with Crippen molar-refractivity contribution in [3.05, 3.63) is 18.0 Å². The molecule has 4 nitrogen and oxygen atoms in total. The lowest BCUT2D eigenvalue weighted by Gasteiger charge is -2.13. The fourth-order valence-corrected chi connectivity index (χ4v) is 0.863. The minimum absolute atomic E-state index is 0.109. The van der Waals surface area contributed by atoms with Gasteiger partial charge in [0.15, 0.2) is 5.75 Å². The van der Waals surface area contributed by atoms with Crippen molar-refractivity contribution in [3.8, 4) is 5.75 Å². The van der Waals surface area contributed by atoms with Crippen molar-refractivity contribution < 1.29 is 23.0 Å². The molecule has 0 fully saturated rings. The SMILES string of the molecule is Nc1cncc(CO)c1OC(F)(F)F. The summed E-state index contributed by atoms with van der Waals surface area (Å²) < 4.78 is 39.2. The summed E-state index contributed by atoms with van der Waals surface area (Å²) in [5, 5.41) is 8.70. The fraction of sp³-hybridized carbons (Fsp3) is 0.286. The molecular weight excluding hydrogens is 201 g/mol. The van der Waals surface area contributed by atoms with E-state index in [1.54, 1.807) is 0 Å². The van der Waals surface area contributed by atoms with E-state index in [1.807, 2.05) is 0 Å². The van der Waals surface area contributed by atoms with Crippen LogP contribution >= 0.6 is 0 Å². The maximum absolute atomic E-state index is 11.9. The number of halogens is 3. The van der Waals surface area contributed by atoms with Crippen LogP contribution in [0.25, 0.3) is 0 Å². The van der Waals surface area contributed by atoms with E-state index in [4.69, 9.17) is 10.8 Å². The smallest absolute Gasteiger partial charge is 0.403 e. The van der Waals surface area contributed by atoms with Crippen molar-refractivity contribution in [1.29, 1.82) is 0 Å². The van der Waals surface area contributed by atoms with Crippen molar-refractivity contribution in [2.24, 2.45) is 0 Å². The Labute approximate surface area is 77.1 Å². The van der Waals surface area contributed by atoms with Crippen molar-refractivity contribution >= 4 is 5.69 Å². The number of nitrogens with zero attached hydrogens (tertiary/aromatic N) is 1. The molecule has 0 amide bonds. The lowest BCUT2D eigenvalue weighted by Crippen LogP contribution is -2.19. The molecule has 0 radical (unpaired) electrons. The number of aliphatic hydroxyl groups excluding tert-OH is 1. The Bertz CT molecular complexity index is 327. The van der Waals surface area contributed by atoms with Crippen LogP contribution in [0.15, 0.2) is 12.4 Å². The highest BCUT2D eigenvalue weighted by Gasteiger charge is 2.33. The van der Waals surface area contributed by atoms with Gasteiger partial charge in [0.2, 0.25) is 0 Å². The first-order chi connectivity index (χ1) is 6.44. The summed E-state index contributed by atoms with van der Waals surface area (Å²) >= 11 is 0. The summed E-state index contributed by atoms with van der Waals surface area (Å²) in [5.74, 6) is -0.602. The molecule has 14 heavy (non-hydrogen) atoms. The second-order valence-electron chi connectivity index (χ2n) is 2.42. The monoisotopic (exact) mass is 208 g/mol. The van der Waals surface area contributed by atoms with Gasteiger partial charge in [0.05, 0.1) is 18.5 Å². The van der Waals surface area contributed by atoms with Gasteiger partial charge in [0.25, 0.3) is 0 Å². The maximum Gasteiger partial charge on any atom is 0.573 e. The molecule has 1 aromatic heterocycles. The topological polar surface area (TPSA) is 68.4 Å². The van der Waals surface area contributed by atoms with E-state index in [-0.39, 0.29) is 11.3 Å². The number of nitrogens with two attached hydrogens (primary N) is 1. The predicted molar refractivity (Wildman–Crippen MR) is 41.3 cm³/mol. The molecule has 1 aromatic rings. The van der Waals surface area contributed by atoms with Gasteiger partial charge >= 0.3 is 6.36 Å². The molecule has 7 heteroatoms. The zero-order valence-electron chi connectivity index (χ0n) is 6.88. The predicted octanol–water partition coefficient (Wildman–Crippen LogP) is 1.05. The highest BCUT2D eigenvalue weighted by Crippen LogP contribution is 2.30. The highest BCUT2D eigenvalue weighted by atomic mass is 19.4. The zero-order valence-corrected chi connectivity index (χ0v) is 6.88. The van der Waals surface area contributed by atoms with Gasteiger partial charge in [0, 0.05) is 11.8 Å². The number of pyridine rings is 1. The summed E-state index contributed by atoms with van der Waals surface area (Å²) in [6, 6.07) is 0. The molecule has 1 heterocycles. The molecule has 0 aliphatic rings. The standard InChI is InChI=1S/C7H7F3N2O2/c8-7(9,10)14-6-4(3-13)1-12-2-5(6)11/h1-2,13H,3,11H2. The molecule has 78 valence electrons. The van der Waals surface area contributed by atoms with Crippen LogP contribution in [0, 0.1) is 0 Å². The minimum Gasteiger partial charge on any atom is -0.403 e. The number of ether oxygens (including phenoxy) is 1. The number of aromatic nitrogens is 1. The van der Waals surface area contributed by atoms with E-state index in [1.165, 1.54) is 0 Å². The Morgan fingerprint density at radius 3 is 2.57 bits per heavy atom. The summed E-state index contributed by atoms with van der Waals surface area (Å²) in [6.07, 6.45) is -2.77. The van der Waals surface area contributed by atoms with Gasteiger partial charge in [0.1, 0.15) is 0 Å². The molecule has 0 saturated carbocycles. The van der Waals surface area contributed by atoms with E-state index >= 15 is 0 Å². The summed E-state index contributed by atoms with van der Waals surface area (Å²) in [4.78, 5) is 3.51. The van der Waals surface area contributed by atoms with Gasteiger partial charge < -0.3 is 15.6 Å². The van der Waals surface area contributed by atoms with E-state index < -0.39 is 18.7 Å². The Morgan fingerprint density at radius 1 is 1.43 bits per heavy atom. The van der Waals surface area contributed by atoms with Crippen molar-refractivity contribution in [2.75, 3.05) is 5.73 Å². The van der Waals surface area contributed by atoms with Gasteiger partial charge in [-0.25, -0.2) is 0 Å². The molecule has 0 aliphatic carbocycles. The number of alkyl halides is 3. The van der Waals surface area contributed by atoms with Gasteiger partial charge in [-0.2, -0.15) is 0 Å². The first-order valence-electron chi connectivity index (χ1n) is 3.53. The van der Waals surface area contributed by atoms with Crippen molar-refractivity contribution in [1.82, 2.24) is 4.98 Å². The molecule has 0 atom stereocenters. The van der Waals surface area contributed by atoms with Crippen LogP contribution < -0.4 is 10.5 Å². The van der Waals surface area contributed by atoms with Crippen LogP contribution in [-0.4, -0.2) is 16.5 Å². The van der Waals surface area contributed by atoms with Gasteiger partial charge in [-0.3, -0.25) is 4.98 Å². The van der Waals surface area contributed by atoms with Gasteiger partial charge in [-0.05, 0) is 0 Å². The van der Waals surface area contributed by atoms with Crippen molar-refractivity contribution in [2.45, 2.75) is 13.0 Å². The van der Waals surface area contributed by atoms with Crippen LogP contribution in [0.1, 0.15) is 5.56 Å². The third kappa shape index (κ3) is 2.49. The molecule has 0 spiro atoms. The molecule has 0 unspecified atom stereocenters.